The monoisotopic (exact) mass is 349 g/mol. The van der Waals surface area contributed by atoms with E-state index in [1.54, 1.807) is 0 Å². The number of nitrogens with zero attached hydrogens (tertiary/aromatic N) is 1. The first-order valence-electron chi connectivity index (χ1n) is 9.45. The first-order chi connectivity index (χ1) is 11.0. The number of carboxylic acids is 1. The van der Waals surface area contributed by atoms with Gasteiger partial charge in [-0.25, -0.2) is 0 Å². The Labute approximate surface area is 171 Å². The van der Waals surface area contributed by atoms with Crippen LogP contribution >= 0.6 is 0 Å². The molecule has 24 heavy (non-hydrogen) atoms. The number of hydrogen-bond donors (Lipinski definition) is 0. The molecule has 0 saturated heterocycles. The Morgan fingerprint density at radius 3 is 1.54 bits per heavy atom. The summed E-state index contributed by atoms with van der Waals surface area (Å²) in [5.41, 5.74) is 0. The summed E-state index contributed by atoms with van der Waals surface area (Å²) < 4.78 is 0. The summed E-state index contributed by atoms with van der Waals surface area (Å²) in [7, 11) is 1.53. The predicted octanol–water partition coefficient (Wildman–Crippen LogP) is 0.678. The minimum absolute atomic E-state index is 0. The van der Waals surface area contributed by atoms with Gasteiger partial charge in [0.1, 0.15) is 0 Å². The van der Waals surface area contributed by atoms with Gasteiger partial charge in [-0.3, -0.25) is 4.79 Å². The fraction of sp³-hybridized carbons (Fsp3) is 0.895. The van der Waals surface area contributed by atoms with Crippen molar-refractivity contribution in [2.75, 3.05) is 7.05 Å². The number of amides is 1. The normalized spacial score (nSPS) is 11.6. The Hall–Kier alpha value is -0.0600. The van der Waals surface area contributed by atoms with Gasteiger partial charge in [-0.1, -0.05) is 84.0 Å². The summed E-state index contributed by atoms with van der Waals surface area (Å²) in [6.07, 6.45) is 15.5. The van der Waals surface area contributed by atoms with Gasteiger partial charge in [-0.05, 0) is 6.42 Å². The zero-order valence-corrected chi connectivity index (χ0v) is 18.4. The van der Waals surface area contributed by atoms with Crippen molar-refractivity contribution in [3.8, 4) is 0 Å². The van der Waals surface area contributed by atoms with Gasteiger partial charge < -0.3 is 14.8 Å². The third-order valence-electron chi connectivity index (χ3n) is 4.57. The summed E-state index contributed by atoms with van der Waals surface area (Å²) in [6, 6.07) is -0.782. The first kappa shape index (κ1) is 26.2. The van der Waals surface area contributed by atoms with Crippen LogP contribution in [0.15, 0.2) is 0 Å². The van der Waals surface area contributed by atoms with E-state index < -0.39 is 12.0 Å². The average Bonchev–Trinajstić information content (AvgIpc) is 2.51. The summed E-state index contributed by atoms with van der Waals surface area (Å²) in [5.74, 6) is -1.37. The van der Waals surface area contributed by atoms with Crippen molar-refractivity contribution in [1.82, 2.24) is 4.90 Å². The summed E-state index contributed by atoms with van der Waals surface area (Å²) in [4.78, 5) is 23.6. The molecule has 136 valence electrons. The van der Waals surface area contributed by atoms with E-state index in [0.29, 0.717) is 6.42 Å². The van der Waals surface area contributed by atoms with Gasteiger partial charge in [0.25, 0.3) is 0 Å². The van der Waals surface area contributed by atoms with E-state index in [9.17, 15) is 14.7 Å². The van der Waals surface area contributed by atoms with E-state index >= 15 is 0 Å². The van der Waals surface area contributed by atoms with Crippen molar-refractivity contribution in [3.05, 3.63) is 0 Å². The molecule has 4 nitrogen and oxygen atoms in total. The molecule has 5 heteroatoms. The number of carbonyl (C=O) groups excluding carboxylic acids is 2. The number of carbonyl (C=O) groups is 2. The Bertz CT molecular complexity index is 324. The number of hydrogen-bond acceptors (Lipinski definition) is 3. The Kier molecular flexibility index (Phi) is 19.4. The van der Waals surface area contributed by atoms with Gasteiger partial charge in [0.05, 0.1) is 12.0 Å². The maximum absolute atomic E-state index is 11.2. The molecule has 0 spiro atoms. The number of unbranched alkanes of at least 4 members (excludes halogenated alkanes) is 11. The van der Waals surface area contributed by atoms with Gasteiger partial charge in [0.2, 0.25) is 5.91 Å². The van der Waals surface area contributed by atoms with E-state index in [1.165, 1.54) is 76.7 Å². The van der Waals surface area contributed by atoms with Crippen molar-refractivity contribution in [2.24, 2.45) is 0 Å². The molecule has 0 N–H and O–H groups in total. The van der Waals surface area contributed by atoms with Gasteiger partial charge in [0.15, 0.2) is 0 Å². The topological polar surface area (TPSA) is 60.4 Å². The molecule has 0 aromatic carbocycles. The first-order valence-corrected chi connectivity index (χ1v) is 9.45. The second-order valence-corrected chi connectivity index (χ2v) is 6.64. The van der Waals surface area contributed by atoms with Crippen molar-refractivity contribution in [2.45, 2.75) is 103 Å². The van der Waals surface area contributed by atoms with E-state index in [1.807, 2.05) is 0 Å². The zero-order valence-electron chi connectivity index (χ0n) is 16.4. The maximum Gasteiger partial charge on any atom is 1.00 e. The summed E-state index contributed by atoms with van der Waals surface area (Å²) in [5, 5.41) is 11.1. The van der Waals surface area contributed by atoms with Gasteiger partial charge >= 0.3 is 29.6 Å². The van der Waals surface area contributed by atoms with Crippen LogP contribution < -0.4 is 34.7 Å². The fourth-order valence-corrected chi connectivity index (χ4v) is 2.87. The van der Waals surface area contributed by atoms with Crippen LogP contribution in [0.3, 0.4) is 0 Å². The molecule has 1 atom stereocenters. The third-order valence-corrected chi connectivity index (χ3v) is 4.57. The van der Waals surface area contributed by atoms with Crippen molar-refractivity contribution >= 4 is 11.9 Å². The predicted molar refractivity (Wildman–Crippen MR) is 92.9 cm³/mol. The maximum atomic E-state index is 11.2. The fourth-order valence-electron chi connectivity index (χ4n) is 2.87. The van der Waals surface area contributed by atoms with Crippen LogP contribution in [0.2, 0.25) is 0 Å². The number of rotatable bonds is 15. The van der Waals surface area contributed by atoms with Gasteiger partial charge in [-0.2, -0.15) is 0 Å². The van der Waals surface area contributed by atoms with Crippen LogP contribution in [0.25, 0.3) is 0 Å². The molecule has 0 aliphatic rings. The minimum atomic E-state index is -1.15. The molecule has 1 unspecified atom stereocenters. The largest absolute Gasteiger partial charge is 1.00 e. The number of likely N-dealkylation sites (N-methyl/N-ethyl adjacent to an activating group) is 1. The van der Waals surface area contributed by atoms with Crippen LogP contribution in [-0.2, 0) is 9.59 Å². The van der Waals surface area contributed by atoms with Crippen LogP contribution in [0.1, 0.15) is 97.3 Å². The molecule has 1 amide bonds. The van der Waals surface area contributed by atoms with Gasteiger partial charge in [-0.15, -0.1) is 0 Å². The molecule has 0 rings (SSSR count). The van der Waals surface area contributed by atoms with Crippen LogP contribution in [0.5, 0.6) is 0 Å². The quantitative estimate of drug-likeness (QED) is 0.323. The smallest absolute Gasteiger partial charge is 0.548 e. The molecule has 0 aliphatic carbocycles. The molecular weight excluding hydrogens is 313 g/mol. The number of aliphatic carboxylic acids is 1. The van der Waals surface area contributed by atoms with E-state index in [-0.39, 0.29) is 35.5 Å². The van der Waals surface area contributed by atoms with Crippen molar-refractivity contribution in [3.63, 3.8) is 0 Å². The zero-order chi connectivity index (χ0) is 17.5. The Balaban J connectivity index is 0. The van der Waals surface area contributed by atoms with E-state index in [0.717, 1.165) is 19.3 Å². The minimum Gasteiger partial charge on any atom is -0.548 e. The molecule has 0 bridgehead atoms. The Morgan fingerprint density at radius 1 is 0.833 bits per heavy atom. The van der Waals surface area contributed by atoms with E-state index in [2.05, 4.69) is 6.92 Å². The summed E-state index contributed by atoms with van der Waals surface area (Å²) in [6.45, 7) is 3.63. The van der Waals surface area contributed by atoms with Gasteiger partial charge in [0, 0.05) is 14.0 Å². The molecule has 0 saturated carbocycles. The molecule has 0 aromatic heterocycles. The molecule has 0 fully saturated rings. The third kappa shape index (κ3) is 14.3. The molecule has 0 heterocycles. The molecule has 0 aliphatic heterocycles. The van der Waals surface area contributed by atoms with Crippen LogP contribution in [0.4, 0.5) is 0 Å². The van der Waals surface area contributed by atoms with Crippen molar-refractivity contribution in [1.29, 1.82) is 0 Å². The van der Waals surface area contributed by atoms with Crippen LogP contribution in [0, 0.1) is 0 Å². The summed E-state index contributed by atoms with van der Waals surface area (Å²) >= 11 is 0. The second-order valence-electron chi connectivity index (χ2n) is 6.64. The molecule has 0 aromatic rings. The molecular formula is C19H36NNaO3. The second kappa shape index (κ2) is 17.8. The average molecular weight is 349 g/mol. The SMILES string of the molecule is CCCCCCCCCCCCCCC(C(=O)[O-])N(C)C(C)=O.[Na+]. The van der Waals surface area contributed by atoms with E-state index in [4.69, 9.17) is 0 Å². The van der Waals surface area contributed by atoms with Crippen LogP contribution in [-0.4, -0.2) is 29.9 Å². The standard InChI is InChI=1S/C19H37NO3.Na/c1-4-5-6-7-8-9-10-11-12-13-14-15-16-18(19(22)23)20(3)17(2)21;/h18H,4-16H2,1-3H3,(H,22,23);/q;+1/p-1. The Morgan fingerprint density at radius 2 is 1.21 bits per heavy atom. The number of carboxylic acid groups (broad SMARTS) is 1. The molecule has 0 radical (unpaired) electrons. The van der Waals surface area contributed by atoms with Crippen molar-refractivity contribution < 1.29 is 44.3 Å².